The number of nitrogens with zero attached hydrogens (tertiary/aromatic N) is 2. The molecule has 2 aromatic rings. The summed E-state index contributed by atoms with van der Waals surface area (Å²) in [6.45, 7) is 1.75. The minimum Gasteiger partial charge on any atom is -0.468 e. The molecule has 0 spiro atoms. The van der Waals surface area contributed by atoms with Crippen LogP contribution >= 0.6 is 35.7 Å². The molecule has 2 rings (SSSR count). The average Bonchev–Trinajstić information content (AvgIpc) is 2.67. The molecular formula is C19H24F3IN4OS. The molecule has 10 heteroatoms. The first-order chi connectivity index (χ1) is 13.3. The van der Waals surface area contributed by atoms with Crippen LogP contribution < -0.4 is 15.4 Å². The first-order valence-electron chi connectivity index (χ1n) is 8.53. The Morgan fingerprint density at radius 2 is 1.90 bits per heavy atom. The normalized spacial score (nSPS) is 11.6. The number of aryl methyl sites for hydroxylation is 1. The summed E-state index contributed by atoms with van der Waals surface area (Å²) in [4.78, 5) is 9.28. The predicted octanol–water partition coefficient (Wildman–Crippen LogP) is 4.54. The first-order valence-corrected chi connectivity index (χ1v) is 9.75. The molecule has 0 saturated carbocycles. The van der Waals surface area contributed by atoms with Gasteiger partial charge < -0.3 is 15.4 Å². The van der Waals surface area contributed by atoms with E-state index in [0.717, 1.165) is 5.56 Å². The summed E-state index contributed by atoms with van der Waals surface area (Å²) in [6, 6.07) is 9.37. The minimum absolute atomic E-state index is 0. The topological polar surface area (TPSA) is 58.5 Å². The zero-order valence-electron chi connectivity index (χ0n) is 16.3. The van der Waals surface area contributed by atoms with E-state index < -0.39 is 12.8 Å². The second kappa shape index (κ2) is 12.1. The zero-order chi connectivity index (χ0) is 20.6. The second-order valence-electron chi connectivity index (χ2n) is 6.00. The molecule has 1 aromatic carbocycles. The Morgan fingerprint density at radius 3 is 2.48 bits per heavy atom. The molecule has 1 aromatic heterocycles. The van der Waals surface area contributed by atoms with Gasteiger partial charge in [0.1, 0.15) is 0 Å². The number of thioether (sulfide) groups is 1. The number of rotatable bonds is 7. The predicted molar refractivity (Wildman–Crippen MR) is 121 cm³/mol. The number of alkyl halides is 3. The number of hydrogen-bond donors (Lipinski definition) is 2. The lowest BCUT2D eigenvalue weighted by atomic mass is 10.1. The Hall–Kier alpha value is -1.69. The Balaban J connectivity index is 0.00000420. The van der Waals surface area contributed by atoms with Crippen LogP contribution in [0.1, 0.15) is 16.7 Å². The van der Waals surface area contributed by atoms with Crippen molar-refractivity contribution in [1.82, 2.24) is 15.6 Å². The third-order valence-corrected chi connectivity index (χ3v) is 4.57. The maximum atomic E-state index is 12.1. The van der Waals surface area contributed by atoms with Gasteiger partial charge in [-0.2, -0.15) is 13.2 Å². The van der Waals surface area contributed by atoms with Crippen LogP contribution in [0, 0.1) is 6.92 Å². The van der Waals surface area contributed by atoms with Crippen LogP contribution in [0.15, 0.2) is 46.4 Å². The smallest absolute Gasteiger partial charge is 0.422 e. The lowest BCUT2D eigenvalue weighted by Gasteiger charge is -2.14. The van der Waals surface area contributed by atoms with Gasteiger partial charge in [0.2, 0.25) is 5.88 Å². The quantitative estimate of drug-likeness (QED) is 0.234. The summed E-state index contributed by atoms with van der Waals surface area (Å²) in [5, 5.41) is 6.41. The van der Waals surface area contributed by atoms with E-state index in [9.17, 15) is 13.2 Å². The van der Waals surface area contributed by atoms with E-state index in [0.29, 0.717) is 19.0 Å². The molecule has 29 heavy (non-hydrogen) atoms. The van der Waals surface area contributed by atoms with Crippen molar-refractivity contribution in [3.63, 3.8) is 0 Å². The molecule has 0 atom stereocenters. The summed E-state index contributed by atoms with van der Waals surface area (Å²) in [7, 11) is 1.67. The maximum absolute atomic E-state index is 12.1. The van der Waals surface area contributed by atoms with Crippen molar-refractivity contribution in [3.8, 4) is 5.88 Å². The van der Waals surface area contributed by atoms with Crippen LogP contribution in [0.5, 0.6) is 5.88 Å². The summed E-state index contributed by atoms with van der Waals surface area (Å²) in [6.07, 6.45) is -0.869. The molecule has 0 radical (unpaired) electrons. The summed E-state index contributed by atoms with van der Waals surface area (Å²) in [5.41, 5.74) is 3.18. The fraction of sp³-hybridized carbons (Fsp3) is 0.368. The van der Waals surface area contributed by atoms with Crippen molar-refractivity contribution < 1.29 is 17.9 Å². The molecule has 0 saturated heterocycles. The Labute approximate surface area is 189 Å². The van der Waals surface area contributed by atoms with E-state index in [4.69, 9.17) is 0 Å². The number of benzene rings is 1. The second-order valence-corrected chi connectivity index (χ2v) is 6.85. The van der Waals surface area contributed by atoms with E-state index in [2.05, 4.69) is 50.5 Å². The van der Waals surface area contributed by atoms with Crippen LogP contribution in [0.2, 0.25) is 0 Å². The molecule has 5 nitrogen and oxygen atoms in total. The Bertz CT molecular complexity index is 801. The molecule has 0 unspecified atom stereocenters. The van der Waals surface area contributed by atoms with Gasteiger partial charge in [-0.25, -0.2) is 4.98 Å². The minimum atomic E-state index is -4.38. The van der Waals surface area contributed by atoms with E-state index >= 15 is 0 Å². The Kier molecular flexibility index (Phi) is 10.6. The van der Waals surface area contributed by atoms with Crippen molar-refractivity contribution in [1.29, 1.82) is 0 Å². The molecule has 0 bridgehead atoms. The molecule has 0 fully saturated rings. The number of guanidine groups is 1. The van der Waals surface area contributed by atoms with Crippen LogP contribution in [0.25, 0.3) is 0 Å². The number of aromatic nitrogens is 1. The average molecular weight is 540 g/mol. The number of pyridine rings is 1. The maximum Gasteiger partial charge on any atom is 0.422 e. The van der Waals surface area contributed by atoms with Crippen molar-refractivity contribution >= 4 is 41.7 Å². The highest BCUT2D eigenvalue weighted by Gasteiger charge is 2.28. The van der Waals surface area contributed by atoms with Crippen LogP contribution in [-0.2, 0) is 13.1 Å². The van der Waals surface area contributed by atoms with Crippen molar-refractivity contribution in [2.45, 2.75) is 31.1 Å². The standard InChI is InChI=1S/C19H23F3N4OS.HI/c1-13-4-6-15(16(8-13)28-3)11-26-18(23-2)25-10-14-5-7-17(24-9-14)27-12-19(20,21)22;/h4-9H,10-12H2,1-3H3,(H2,23,25,26);1H. The lowest BCUT2D eigenvalue weighted by molar-refractivity contribution is -0.154. The van der Waals surface area contributed by atoms with E-state index in [1.807, 2.05) is 6.26 Å². The number of hydrogen-bond acceptors (Lipinski definition) is 4. The van der Waals surface area contributed by atoms with E-state index in [-0.39, 0.29) is 29.9 Å². The zero-order valence-corrected chi connectivity index (χ0v) is 19.5. The van der Waals surface area contributed by atoms with E-state index in [1.165, 1.54) is 28.3 Å². The number of aliphatic imine (C=N–C) groups is 1. The van der Waals surface area contributed by atoms with Crippen LogP contribution in [0.3, 0.4) is 0 Å². The van der Waals surface area contributed by atoms with Gasteiger partial charge in [0.05, 0.1) is 0 Å². The number of ether oxygens (including phenoxy) is 1. The third-order valence-electron chi connectivity index (χ3n) is 3.75. The van der Waals surface area contributed by atoms with Crippen molar-refractivity contribution in [2.75, 3.05) is 19.9 Å². The van der Waals surface area contributed by atoms with Crippen molar-refractivity contribution in [2.24, 2.45) is 4.99 Å². The Morgan fingerprint density at radius 1 is 1.17 bits per heavy atom. The third kappa shape index (κ3) is 9.11. The highest BCUT2D eigenvalue weighted by Crippen LogP contribution is 2.21. The SMILES string of the molecule is CN=C(NCc1ccc(OCC(F)(F)F)nc1)NCc1ccc(C)cc1SC.I. The fourth-order valence-electron chi connectivity index (χ4n) is 2.34. The van der Waals surface area contributed by atoms with Gasteiger partial charge in [0.15, 0.2) is 12.6 Å². The molecule has 0 aliphatic heterocycles. The van der Waals surface area contributed by atoms with Gasteiger partial charge in [-0.05, 0) is 35.9 Å². The van der Waals surface area contributed by atoms with Gasteiger partial charge >= 0.3 is 6.18 Å². The first kappa shape index (κ1) is 25.3. The molecule has 0 amide bonds. The molecule has 0 aliphatic carbocycles. The monoisotopic (exact) mass is 540 g/mol. The fourth-order valence-corrected chi connectivity index (χ4v) is 3.05. The molecule has 1 heterocycles. The highest BCUT2D eigenvalue weighted by molar-refractivity contribution is 14.0. The largest absolute Gasteiger partial charge is 0.468 e. The lowest BCUT2D eigenvalue weighted by Crippen LogP contribution is -2.36. The van der Waals surface area contributed by atoms with Gasteiger partial charge in [-0.3, -0.25) is 4.99 Å². The summed E-state index contributed by atoms with van der Waals surface area (Å²) in [5.74, 6) is 0.553. The summed E-state index contributed by atoms with van der Waals surface area (Å²) >= 11 is 1.70. The number of nitrogens with one attached hydrogen (secondary N) is 2. The molecular weight excluding hydrogens is 516 g/mol. The van der Waals surface area contributed by atoms with Crippen LogP contribution in [0.4, 0.5) is 13.2 Å². The van der Waals surface area contributed by atoms with E-state index in [1.54, 1.807) is 24.9 Å². The van der Waals surface area contributed by atoms with Crippen LogP contribution in [-0.4, -0.2) is 37.0 Å². The van der Waals surface area contributed by atoms with Crippen molar-refractivity contribution in [3.05, 3.63) is 53.2 Å². The highest BCUT2D eigenvalue weighted by atomic mass is 127. The van der Waals surface area contributed by atoms with Gasteiger partial charge in [-0.1, -0.05) is 18.2 Å². The molecule has 2 N–H and O–H groups in total. The summed E-state index contributed by atoms with van der Waals surface area (Å²) < 4.78 is 41.0. The number of halogens is 4. The molecule has 0 aliphatic rings. The van der Waals surface area contributed by atoms with Gasteiger partial charge in [0, 0.05) is 37.3 Å². The molecule has 160 valence electrons. The van der Waals surface area contributed by atoms with Gasteiger partial charge in [0.25, 0.3) is 0 Å². The van der Waals surface area contributed by atoms with Gasteiger partial charge in [-0.15, -0.1) is 35.7 Å².